The van der Waals surface area contributed by atoms with Crippen LogP contribution in [0.25, 0.3) is 22.3 Å². The molecule has 0 aliphatic rings. The number of nitrogen functional groups attached to an aromatic ring is 1. The Hall–Kier alpha value is -2.93. The molecule has 0 amide bonds. The minimum absolute atomic E-state index is 0.141. The van der Waals surface area contributed by atoms with Crippen LogP contribution in [0.5, 0.6) is 0 Å². The maximum atomic E-state index is 11.5. The van der Waals surface area contributed by atoms with Crippen molar-refractivity contribution in [2.75, 3.05) is 12.8 Å². The standard InChI is InChI=1S/C17H18N4O3/c1-3-13-20-15(9-4-5-10(8-24-2)12(18)6-9)14-11(17(22)23)7-19-16(14)21-13/h4-7H,3,8,18H2,1-2H3,(H,22,23)(H,19,20,21). The van der Waals surface area contributed by atoms with Gasteiger partial charge in [0, 0.05) is 36.5 Å². The third-order valence-corrected chi connectivity index (χ3v) is 3.84. The molecule has 2 aromatic heterocycles. The van der Waals surface area contributed by atoms with Gasteiger partial charge < -0.3 is 20.6 Å². The Morgan fingerprint density at radius 1 is 1.38 bits per heavy atom. The Morgan fingerprint density at radius 3 is 2.79 bits per heavy atom. The number of nitrogens with zero attached hydrogens (tertiary/aromatic N) is 2. The number of rotatable bonds is 5. The van der Waals surface area contributed by atoms with Crippen molar-refractivity contribution in [3.8, 4) is 11.3 Å². The van der Waals surface area contributed by atoms with E-state index in [9.17, 15) is 9.90 Å². The number of carbonyl (C=O) groups is 1. The van der Waals surface area contributed by atoms with E-state index >= 15 is 0 Å². The number of aromatic carboxylic acids is 1. The van der Waals surface area contributed by atoms with Crippen LogP contribution in [0.15, 0.2) is 24.4 Å². The lowest BCUT2D eigenvalue weighted by Gasteiger charge is -2.10. The summed E-state index contributed by atoms with van der Waals surface area (Å²) < 4.78 is 5.11. The highest BCUT2D eigenvalue weighted by Crippen LogP contribution is 2.31. The SMILES string of the molecule is CCc1nc(-c2ccc(COC)c(N)c2)c2c(C(=O)O)c[nH]c2n1. The highest BCUT2D eigenvalue weighted by Gasteiger charge is 2.19. The fourth-order valence-corrected chi connectivity index (χ4v) is 2.64. The summed E-state index contributed by atoms with van der Waals surface area (Å²) in [5.41, 5.74) is 9.49. The maximum absolute atomic E-state index is 11.5. The van der Waals surface area contributed by atoms with Crippen LogP contribution in [0.3, 0.4) is 0 Å². The maximum Gasteiger partial charge on any atom is 0.338 e. The van der Waals surface area contributed by atoms with Gasteiger partial charge in [0.05, 0.1) is 23.3 Å². The van der Waals surface area contributed by atoms with E-state index in [1.165, 1.54) is 6.20 Å². The predicted molar refractivity (Wildman–Crippen MR) is 90.8 cm³/mol. The van der Waals surface area contributed by atoms with E-state index in [-0.39, 0.29) is 5.56 Å². The van der Waals surface area contributed by atoms with Crippen molar-refractivity contribution in [3.63, 3.8) is 0 Å². The van der Waals surface area contributed by atoms with Crippen LogP contribution in [-0.2, 0) is 17.8 Å². The number of aromatic amines is 1. The number of methoxy groups -OCH3 is 1. The van der Waals surface area contributed by atoms with Gasteiger partial charge in [-0.25, -0.2) is 14.8 Å². The Morgan fingerprint density at radius 2 is 2.17 bits per heavy atom. The Kier molecular flexibility index (Phi) is 4.18. The third kappa shape index (κ3) is 2.69. The Labute approximate surface area is 138 Å². The molecule has 7 nitrogen and oxygen atoms in total. The van der Waals surface area contributed by atoms with Crippen molar-refractivity contribution in [1.29, 1.82) is 0 Å². The second-order valence-corrected chi connectivity index (χ2v) is 5.42. The molecular weight excluding hydrogens is 308 g/mol. The number of hydrogen-bond donors (Lipinski definition) is 3. The Balaban J connectivity index is 2.25. The average Bonchev–Trinajstić information content (AvgIpc) is 3.00. The number of benzene rings is 1. The summed E-state index contributed by atoms with van der Waals surface area (Å²) in [7, 11) is 1.60. The van der Waals surface area contributed by atoms with Crippen molar-refractivity contribution in [2.45, 2.75) is 20.0 Å². The molecule has 0 atom stereocenters. The van der Waals surface area contributed by atoms with E-state index in [4.69, 9.17) is 10.5 Å². The summed E-state index contributed by atoms with van der Waals surface area (Å²) in [5, 5.41) is 9.91. The molecule has 0 aliphatic carbocycles. The van der Waals surface area contributed by atoms with Crippen molar-refractivity contribution in [3.05, 3.63) is 41.3 Å². The van der Waals surface area contributed by atoms with Crippen molar-refractivity contribution >= 4 is 22.7 Å². The highest BCUT2D eigenvalue weighted by atomic mass is 16.5. The van der Waals surface area contributed by atoms with E-state index < -0.39 is 5.97 Å². The number of nitrogens with one attached hydrogen (secondary N) is 1. The lowest BCUT2D eigenvalue weighted by molar-refractivity contribution is 0.0699. The summed E-state index contributed by atoms with van der Waals surface area (Å²) in [6.07, 6.45) is 2.08. The summed E-state index contributed by atoms with van der Waals surface area (Å²) in [5.74, 6) is -0.393. The predicted octanol–water partition coefficient (Wildman–Crippen LogP) is 2.61. The molecule has 0 saturated carbocycles. The monoisotopic (exact) mass is 326 g/mol. The molecule has 24 heavy (non-hydrogen) atoms. The van der Waals surface area contributed by atoms with Gasteiger partial charge in [-0.15, -0.1) is 0 Å². The van der Waals surface area contributed by atoms with E-state index in [2.05, 4.69) is 15.0 Å². The quantitative estimate of drug-likeness (QED) is 0.621. The molecule has 0 spiro atoms. The molecule has 2 heterocycles. The first-order valence-electron chi connectivity index (χ1n) is 7.54. The molecular formula is C17H18N4O3. The summed E-state index contributed by atoms with van der Waals surface area (Å²) in [6, 6.07) is 5.51. The number of nitrogens with two attached hydrogens (primary N) is 1. The molecule has 4 N–H and O–H groups in total. The van der Waals surface area contributed by atoms with Crippen molar-refractivity contribution in [2.24, 2.45) is 0 Å². The van der Waals surface area contributed by atoms with Crippen LogP contribution in [0.1, 0.15) is 28.7 Å². The van der Waals surface area contributed by atoms with Gasteiger partial charge in [-0.1, -0.05) is 19.1 Å². The summed E-state index contributed by atoms with van der Waals surface area (Å²) in [4.78, 5) is 23.3. The molecule has 1 aromatic carbocycles. The number of aromatic nitrogens is 3. The van der Waals surface area contributed by atoms with Gasteiger partial charge in [-0.3, -0.25) is 0 Å². The number of anilines is 1. The number of hydrogen-bond acceptors (Lipinski definition) is 5. The first-order valence-corrected chi connectivity index (χ1v) is 7.54. The van der Waals surface area contributed by atoms with E-state index in [1.807, 2.05) is 19.1 Å². The molecule has 0 saturated heterocycles. The van der Waals surface area contributed by atoms with Gasteiger partial charge in [0.25, 0.3) is 0 Å². The van der Waals surface area contributed by atoms with Crippen LogP contribution in [0, 0.1) is 0 Å². The molecule has 0 unspecified atom stereocenters. The molecule has 7 heteroatoms. The first kappa shape index (κ1) is 15.9. The lowest BCUT2D eigenvalue weighted by atomic mass is 10.0. The normalized spacial score (nSPS) is 11.1. The van der Waals surface area contributed by atoms with Gasteiger partial charge in [0.1, 0.15) is 11.5 Å². The molecule has 3 rings (SSSR count). The molecule has 124 valence electrons. The van der Waals surface area contributed by atoms with Gasteiger partial charge in [0.15, 0.2) is 0 Å². The van der Waals surface area contributed by atoms with Gasteiger partial charge in [-0.05, 0) is 6.07 Å². The van der Waals surface area contributed by atoms with E-state index in [0.717, 1.165) is 11.1 Å². The van der Waals surface area contributed by atoms with Crippen molar-refractivity contribution in [1.82, 2.24) is 15.0 Å². The third-order valence-electron chi connectivity index (χ3n) is 3.84. The second-order valence-electron chi connectivity index (χ2n) is 5.42. The molecule has 0 radical (unpaired) electrons. The summed E-state index contributed by atoms with van der Waals surface area (Å²) in [6.45, 7) is 2.36. The zero-order chi connectivity index (χ0) is 17.3. The largest absolute Gasteiger partial charge is 0.478 e. The number of fused-ring (bicyclic) bond motifs is 1. The topological polar surface area (TPSA) is 114 Å². The zero-order valence-corrected chi connectivity index (χ0v) is 13.5. The van der Waals surface area contributed by atoms with E-state index in [1.54, 1.807) is 13.2 Å². The summed E-state index contributed by atoms with van der Waals surface area (Å²) >= 11 is 0. The number of H-pyrrole nitrogens is 1. The zero-order valence-electron chi connectivity index (χ0n) is 13.5. The average molecular weight is 326 g/mol. The van der Waals surface area contributed by atoms with Crippen LogP contribution >= 0.6 is 0 Å². The van der Waals surface area contributed by atoms with Crippen LogP contribution < -0.4 is 5.73 Å². The van der Waals surface area contributed by atoms with Crippen LogP contribution in [-0.4, -0.2) is 33.1 Å². The second kappa shape index (κ2) is 6.29. The first-order chi connectivity index (χ1) is 11.5. The molecule has 0 bridgehead atoms. The molecule has 3 aromatic rings. The highest BCUT2D eigenvalue weighted by molar-refractivity contribution is 6.07. The lowest BCUT2D eigenvalue weighted by Crippen LogP contribution is -2.02. The Bertz CT molecular complexity index is 918. The molecule has 0 fully saturated rings. The van der Waals surface area contributed by atoms with E-state index in [0.29, 0.717) is 41.3 Å². The minimum atomic E-state index is -1.03. The number of aryl methyl sites for hydroxylation is 1. The van der Waals surface area contributed by atoms with Crippen LogP contribution in [0.2, 0.25) is 0 Å². The number of ether oxygens (including phenoxy) is 1. The molecule has 0 aliphatic heterocycles. The van der Waals surface area contributed by atoms with Gasteiger partial charge in [-0.2, -0.15) is 0 Å². The van der Waals surface area contributed by atoms with Crippen LogP contribution in [0.4, 0.5) is 5.69 Å². The van der Waals surface area contributed by atoms with Crippen molar-refractivity contribution < 1.29 is 14.6 Å². The number of carboxylic acid groups (broad SMARTS) is 1. The van der Waals surface area contributed by atoms with Gasteiger partial charge >= 0.3 is 5.97 Å². The fraction of sp³-hybridized carbons (Fsp3) is 0.235. The minimum Gasteiger partial charge on any atom is -0.478 e. The number of carboxylic acids is 1. The van der Waals surface area contributed by atoms with Gasteiger partial charge in [0.2, 0.25) is 0 Å². The fourth-order valence-electron chi connectivity index (χ4n) is 2.64. The smallest absolute Gasteiger partial charge is 0.338 e.